The first-order valence-corrected chi connectivity index (χ1v) is 30.8. The van der Waals surface area contributed by atoms with E-state index >= 15 is 0 Å². The Hall–Kier alpha value is -3.03. The van der Waals surface area contributed by atoms with Gasteiger partial charge in [-0.15, -0.1) is 0 Å². The van der Waals surface area contributed by atoms with Gasteiger partial charge in [0.15, 0.2) is 44.0 Å². The van der Waals surface area contributed by atoms with E-state index < -0.39 is 303 Å². The third-order valence-corrected chi connectivity index (χ3v) is 17.7. The molecule has 96 heavy (non-hydrogen) atoms. The van der Waals surface area contributed by atoms with Crippen LogP contribution in [0.5, 0.6) is 0 Å². The van der Waals surface area contributed by atoms with Gasteiger partial charge in [-0.3, -0.25) is 14.4 Å². The van der Waals surface area contributed by atoms with Crippen LogP contribution in [0.4, 0.5) is 0 Å². The molecule has 0 unspecified atom stereocenters. The number of carbonyl (C=O) groups excluding carboxylic acids is 3. The molecule has 8 heterocycles. The number of carbonyl (C=O) groups is 3. The van der Waals surface area contributed by atoms with Crippen molar-refractivity contribution in [2.24, 2.45) is 0 Å². The van der Waals surface area contributed by atoms with E-state index in [9.17, 15) is 122 Å². The molecule has 0 aliphatic carbocycles. The Morgan fingerprint density at radius 2 is 0.677 bits per heavy atom. The first-order valence-electron chi connectivity index (χ1n) is 30.8. The number of hydrogen-bond acceptors (Lipinski definition) is 39. The molecule has 0 radical (unpaired) electrons. The van der Waals surface area contributed by atoms with Crippen molar-refractivity contribution in [2.75, 3.05) is 52.9 Å². The Kier molecular flexibility index (Phi) is 28.1. The lowest BCUT2D eigenvalue weighted by atomic mass is 9.94. The zero-order valence-electron chi connectivity index (χ0n) is 51.9. The highest BCUT2D eigenvalue weighted by Gasteiger charge is 2.59. The van der Waals surface area contributed by atoms with Gasteiger partial charge in [0.1, 0.15) is 183 Å². The van der Waals surface area contributed by atoms with Crippen LogP contribution in [0.2, 0.25) is 0 Å². The van der Waals surface area contributed by atoms with Crippen molar-refractivity contribution >= 4 is 17.7 Å². The summed E-state index contributed by atoms with van der Waals surface area (Å²) in [6.45, 7) is -2.69. The summed E-state index contributed by atoms with van der Waals surface area (Å²) >= 11 is 0. The SMILES string of the molecule is CC(=O)N[C@H]1[C@@H](O[C@H]2[C@H](O)[C@@H](NC(C)=O)CO[C@@H]2CO[C@H]2O[C@@H](C)[C@@H](O)[C@@H](O)[C@@H]2O)O[C@H](CO)[C@@H](O[C@@H]2O[C@H](CO[C@H]3O[C@H](CO)[C@@H](O)[C@H](O)[C@@H]3O[C@@H]3O[C@H](CO)[C@@H](O[C@@H]4O[C@H](CO)[C@H](O)[C@H](O)[C@H]4O)[C@H](O)[C@H]3NC(C)=O)[C@@H](O)[C@H](O[C@H]3O[C@H](CO)[C@@H](O)[C@H](O)[C@@H]3O)[C@@H]2O)[C@@H]1O. The standard InChI is InChI=1S/C54H91N3O39/c1-13-27(66)35(74)39(78)50(85-13)83-12-24-45(28(67)17(10-82-24)55-14(2)63)92-48-25(56-15(3)64)33(72)44(22(9-62)89-48)94-53-42(81)46(95-52-41(80)37(76)30(69)19(6-59)87-52)32(71)23(91-53)11-84-54-47(38(77)31(70)20(7-60)88-54)96-49-26(57-16(4)65)34(73)43(21(8-61)90-49)93-51-40(79)36(75)29(68)18(5-58)86-51/h13,17-54,58-62,66-81H,5-12H2,1-4H3,(H,55,63)(H,56,64)(H,57,65)/t13-,17-,18+,19+,20+,21+,22+,23+,24+,25+,26+,27+,28+,29-,30+,31+,32+,33+,34+,35+,36-,37-,38-,39-,40+,41-,42-,43+,44+,45+,46-,47-,48+,49-,50-,51-,52+,53-,54-/m0/s1. The zero-order chi connectivity index (χ0) is 70.6. The first-order chi connectivity index (χ1) is 45.4. The van der Waals surface area contributed by atoms with E-state index in [1.165, 1.54) is 6.92 Å². The maximum atomic E-state index is 13.0. The molecule has 0 aromatic heterocycles. The largest absolute Gasteiger partial charge is 0.394 e. The number of aliphatic hydroxyl groups excluding tert-OH is 21. The van der Waals surface area contributed by atoms with Crippen LogP contribution in [0.25, 0.3) is 0 Å². The van der Waals surface area contributed by atoms with Crippen molar-refractivity contribution in [3.05, 3.63) is 0 Å². The topological polar surface area (TPSA) is 651 Å². The Morgan fingerprint density at radius 3 is 1.15 bits per heavy atom. The number of aliphatic hydroxyl groups is 21. The summed E-state index contributed by atoms with van der Waals surface area (Å²) in [4.78, 5) is 37.9. The van der Waals surface area contributed by atoms with Gasteiger partial charge in [0.05, 0.1) is 65.0 Å². The van der Waals surface area contributed by atoms with Gasteiger partial charge in [-0.25, -0.2) is 0 Å². The van der Waals surface area contributed by atoms with E-state index in [0.29, 0.717) is 0 Å². The third kappa shape index (κ3) is 17.4. The zero-order valence-corrected chi connectivity index (χ0v) is 51.9. The monoisotopic (exact) mass is 1410 g/mol. The minimum absolute atomic E-state index is 0.384. The number of ether oxygens (including phenoxy) is 15. The van der Waals surface area contributed by atoms with E-state index in [4.69, 9.17) is 71.1 Å². The van der Waals surface area contributed by atoms with Crippen LogP contribution < -0.4 is 16.0 Å². The van der Waals surface area contributed by atoms with Crippen molar-refractivity contribution in [3.8, 4) is 0 Å². The molecule has 8 aliphatic rings. The lowest BCUT2D eigenvalue weighted by molar-refractivity contribution is -0.388. The molecule has 24 N–H and O–H groups in total. The van der Waals surface area contributed by atoms with Crippen molar-refractivity contribution in [1.82, 2.24) is 16.0 Å². The van der Waals surface area contributed by atoms with Crippen molar-refractivity contribution in [3.63, 3.8) is 0 Å². The predicted molar refractivity (Wildman–Crippen MR) is 297 cm³/mol. The van der Waals surface area contributed by atoms with E-state index in [0.717, 1.165) is 20.8 Å². The van der Waals surface area contributed by atoms with E-state index in [2.05, 4.69) is 16.0 Å². The first kappa shape index (κ1) is 78.7. The van der Waals surface area contributed by atoms with Gasteiger partial charge in [0.2, 0.25) is 17.7 Å². The van der Waals surface area contributed by atoms with Gasteiger partial charge >= 0.3 is 0 Å². The molecule has 42 heteroatoms. The molecule has 8 fully saturated rings. The molecule has 0 saturated carbocycles. The molecule has 8 saturated heterocycles. The molecule has 556 valence electrons. The smallest absolute Gasteiger partial charge is 0.217 e. The van der Waals surface area contributed by atoms with E-state index in [1.54, 1.807) is 0 Å². The quantitative estimate of drug-likeness (QED) is 0.0427. The molecule has 3 amide bonds. The average Bonchev–Trinajstić information content (AvgIpc) is 0.777. The number of nitrogens with one attached hydrogen (secondary N) is 3. The second-order valence-corrected chi connectivity index (χ2v) is 24.5. The Bertz CT molecular complexity index is 2460. The Morgan fingerprint density at radius 1 is 0.323 bits per heavy atom. The van der Waals surface area contributed by atoms with Crippen LogP contribution in [0, 0.1) is 0 Å². The fourth-order valence-corrected chi connectivity index (χ4v) is 12.4. The van der Waals surface area contributed by atoms with E-state index in [1.807, 2.05) is 0 Å². The van der Waals surface area contributed by atoms with Gasteiger partial charge in [0, 0.05) is 20.8 Å². The van der Waals surface area contributed by atoms with Crippen LogP contribution in [0.3, 0.4) is 0 Å². The maximum absolute atomic E-state index is 13.0. The Labute approximate surface area is 545 Å². The molecule has 0 aromatic carbocycles. The second kappa shape index (κ2) is 34.3. The van der Waals surface area contributed by atoms with Crippen molar-refractivity contribution in [1.29, 1.82) is 0 Å². The van der Waals surface area contributed by atoms with Gasteiger partial charge in [-0.1, -0.05) is 0 Å². The summed E-state index contributed by atoms with van der Waals surface area (Å²) in [6, 6.07) is -4.86. The summed E-state index contributed by atoms with van der Waals surface area (Å²) in [5.74, 6) is -2.39. The summed E-state index contributed by atoms with van der Waals surface area (Å²) in [7, 11) is 0. The molecular formula is C54H91N3O39. The van der Waals surface area contributed by atoms with Crippen molar-refractivity contribution < 1.29 is 193 Å². The van der Waals surface area contributed by atoms with Crippen LogP contribution in [-0.4, -0.2) is 417 Å². The summed E-state index contributed by atoms with van der Waals surface area (Å²) in [5, 5.41) is 237. The van der Waals surface area contributed by atoms with Gasteiger partial charge in [-0.2, -0.15) is 0 Å². The van der Waals surface area contributed by atoms with Crippen molar-refractivity contribution in [2.45, 2.75) is 267 Å². The van der Waals surface area contributed by atoms with Crippen LogP contribution >= 0.6 is 0 Å². The lowest BCUT2D eigenvalue weighted by Crippen LogP contribution is -2.70. The molecule has 8 aliphatic heterocycles. The fraction of sp³-hybridized carbons (Fsp3) is 0.944. The summed E-state index contributed by atoms with van der Waals surface area (Å²) in [5.41, 5.74) is 0. The van der Waals surface area contributed by atoms with Gasteiger partial charge in [0.25, 0.3) is 0 Å². The number of amides is 3. The molecule has 0 spiro atoms. The summed E-state index contributed by atoms with van der Waals surface area (Å²) in [6.07, 6.45) is -68.8. The van der Waals surface area contributed by atoms with Gasteiger partial charge < -0.3 is 194 Å². The normalized spacial score (nSPS) is 49.5. The average molecular weight is 1410 g/mol. The van der Waals surface area contributed by atoms with Crippen LogP contribution in [-0.2, 0) is 85.4 Å². The molecular weight excluding hydrogens is 1310 g/mol. The minimum Gasteiger partial charge on any atom is -0.394 e. The predicted octanol–water partition coefficient (Wildman–Crippen LogP) is -16.3. The fourth-order valence-electron chi connectivity index (χ4n) is 12.4. The highest BCUT2D eigenvalue weighted by Crippen LogP contribution is 2.38. The Balaban J connectivity index is 1.06. The summed E-state index contributed by atoms with van der Waals surface area (Å²) < 4.78 is 88.1. The number of hydrogen-bond donors (Lipinski definition) is 24. The van der Waals surface area contributed by atoms with E-state index in [-0.39, 0.29) is 6.61 Å². The lowest BCUT2D eigenvalue weighted by Gasteiger charge is -2.50. The van der Waals surface area contributed by atoms with Crippen LogP contribution in [0.15, 0.2) is 0 Å². The molecule has 0 aromatic rings. The third-order valence-electron chi connectivity index (χ3n) is 17.7. The highest BCUT2D eigenvalue weighted by molar-refractivity contribution is 5.74. The minimum atomic E-state index is -2.37. The van der Waals surface area contributed by atoms with Crippen LogP contribution in [0.1, 0.15) is 27.7 Å². The van der Waals surface area contributed by atoms with Gasteiger partial charge in [-0.05, 0) is 6.92 Å². The molecule has 8 rings (SSSR count). The molecule has 39 atom stereocenters. The highest BCUT2D eigenvalue weighted by atomic mass is 16.8. The number of rotatable bonds is 24. The molecule has 42 nitrogen and oxygen atoms in total. The maximum Gasteiger partial charge on any atom is 0.217 e. The molecule has 0 bridgehead atoms. The second-order valence-electron chi connectivity index (χ2n) is 24.5.